The van der Waals surface area contributed by atoms with Gasteiger partial charge in [0.25, 0.3) is 0 Å². The molecule has 2 aromatic carbocycles. The van der Waals surface area contributed by atoms with Crippen LogP contribution in [0.1, 0.15) is 28.4 Å². The first kappa shape index (κ1) is 14.4. The van der Waals surface area contributed by atoms with E-state index in [0.29, 0.717) is 16.3 Å². The third-order valence-electron chi connectivity index (χ3n) is 3.43. The summed E-state index contributed by atoms with van der Waals surface area (Å²) in [6.45, 7) is 0. The highest BCUT2D eigenvalue weighted by Gasteiger charge is 2.29. The van der Waals surface area contributed by atoms with E-state index >= 15 is 0 Å². The van der Waals surface area contributed by atoms with Gasteiger partial charge in [-0.1, -0.05) is 27.5 Å². The summed E-state index contributed by atoms with van der Waals surface area (Å²) in [5, 5.41) is 0.534. The largest absolute Gasteiger partial charge is 0.497 e. The predicted molar refractivity (Wildman–Crippen MR) is 84.5 cm³/mol. The fourth-order valence-electron chi connectivity index (χ4n) is 2.37. The van der Waals surface area contributed by atoms with Crippen LogP contribution < -0.4 is 9.47 Å². The van der Waals surface area contributed by atoms with Crippen molar-refractivity contribution in [3.05, 3.63) is 57.0 Å². The first-order chi connectivity index (χ1) is 10.1. The molecule has 5 heteroatoms. The summed E-state index contributed by atoms with van der Waals surface area (Å²) < 4.78 is 12.1. The maximum absolute atomic E-state index is 12.3. The molecular formula is C16H12BrClO3. The van der Waals surface area contributed by atoms with E-state index in [2.05, 4.69) is 15.9 Å². The summed E-state index contributed by atoms with van der Waals surface area (Å²) in [6.07, 6.45) is -0.0605. The van der Waals surface area contributed by atoms with Gasteiger partial charge in [-0.15, -0.1) is 0 Å². The van der Waals surface area contributed by atoms with Gasteiger partial charge in [-0.3, -0.25) is 4.79 Å². The number of ketones is 1. The van der Waals surface area contributed by atoms with E-state index in [-0.39, 0.29) is 18.3 Å². The average molecular weight is 368 g/mol. The molecule has 1 aliphatic heterocycles. The molecule has 0 N–H and O–H groups in total. The lowest BCUT2D eigenvalue weighted by molar-refractivity contribution is 0.0849. The van der Waals surface area contributed by atoms with Crippen LogP contribution in [0, 0.1) is 0 Å². The van der Waals surface area contributed by atoms with Gasteiger partial charge in [-0.05, 0) is 36.4 Å². The molecule has 108 valence electrons. The maximum atomic E-state index is 12.3. The molecule has 1 unspecified atom stereocenters. The average Bonchev–Trinajstić information content (AvgIpc) is 2.48. The van der Waals surface area contributed by atoms with E-state index in [1.165, 1.54) is 0 Å². The molecule has 0 aromatic heterocycles. The highest BCUT2D eigenvalue weighted by Crippen LogP contribution is 2.39. The molecule has 0 amide bonds. The van der Waals surface area contributed by atoms with E-state index in [1.54, 1.807) is 25.3 Å². The summed E-state index contributed by atoms with van der Waals surface area (Å²) >= 11 is 9.43. The monoisotopic (exact) mass is 366 g/mol. The van der Waals surface area contributed by atoms with Crippen LogP contribution in [0.4, 0.5) is 0 Å². The lowest BCUT2D eigenvalue weighted by Gasteiger charge is -2.26. The van der Waals surface area contributed by atoms with Crippen molar-refractivity contribution in [1.82, 2.24) is 0 Å². The number of ether oxygens (including phenoxy) is 2. The number of halogens is 2. The summed E-state index contributed by atoms with van der Waals surface area (Å²) in [5.41, 5.74) is 1.43. The highest BCUT2D eigenvalue weighted by atomic mass is 79.9. The standard InChI is InChI=1S/C16H12BrClO3/c1-20-10-3-4-13(17)11(7-10)16-8-14(19)12-6-9(18)2-5-15(12)21-16/h2-7,16H,8H2,1H3. The minimum Gasteiger partial charge on any atom is -0.497 e. The Balaban J connectivity index is 1.99. The first-order valence-corrected chi connectivity index (χ1v) is 7.58. The van der Waals surface area contributed by atoms with Gasteiger partial charge in [-0.25, -0.2) is 0 Å². The molecule has 2 aromatic rings. The van der Waals surface area contributed by atoms with E-state index in [1.807, 2.05) is 18.2 Å². The number of carbonyl (C=O) groups excluding carboxylic acids is 1. The van der Waals surface area contributed by atoms with Gasteiger partial charge >= 0.3 is 0 Å². The Hall–Kier alpha value is -1.52. The highest BCUT2D eigenvalue weighted by molar-refractivity contribution is 9.10. The first-order valence-electron chi connectivity index (χ1n) is 6.41. The van der Waals surface area contributed by atoms with Crippen molar-refractivity contribution < 1.29 is 14.3 Å². The minimum absolute atomic E-state index is 0.0264. The van der Waals surface area contributed by atoms with Gasteiger partial charge in [0.05, 0.1) is 19.1 Å². The molecule has 0 radical (unpaired) electrons. The topological polar surface area (TPSA) is 35.5 Å². The van der Waals surface area contributed by atoms with Crippen molar-refractivity contribution in [3.63, 3.8) is 0 Å². The number of benzene rings is 2. The van der Waals surface area contributed by atoms with Crippen LogP contribution in [0.3, 0.4) is 0 Å². The lowest BCUT2D eigenvalue weighted by atomic mass is 9.96. The molecule has 21 heavy (non-hydrogen) atoms. The quantitative estimate of drug-likeness (QED) is 0.763. The fourth-order valence-corrected chi connectivity index (χ4v) is 3.04. The van der Waals surface area contributed by atoms with Gasteiger partial charge in [0.15, 0.2) is 5.78 Å². The molecule has 1 atom stereocenters. The maximum Gasteiger partial charge on any atom is 0.170 e. The lowest BCUT2D eigenvalue weighted by Crippen LogP contribution is -2.20. The van der Waals surface area contributed by atoms with Crippen LogP contribution >= 0.6 is 27.5 Å². The van der Waals surface area contributed by atoms with Crippen LogP contribution in [-0.4, -0.2) is 12.9 Å². The number of methoxy groups -OCH3 is 1. The smallest absolute Gasteiger partial charge is 0.170 e. The second-order valence-corrected chi connectivity index (χ2v) is 6.05. The van der Waals surface area contributed by atoms with Crippen molar-refractivity contribution in [3.8, 4) is 11.5 Å². The Morgan fingerprint density at radius 3 is 2.86 bits per heavy atom. The molecule has 0 saturated carbocycles. The summed E-state index contributed by atoms with van der Waals surface area (Å²) in [7, 11) is 1.61. The van der Waals surface area contributed by atoms with Gasteiger partial charge < -0.3 is 9.47 Å². The van der Waals surface area contributed by atoms with Gasteiger partial charge in [0, 0.05) is 15.1 Å². The van der Waals surface area contributed by atoms with Crippen molar-refractivity contribution in [2.45, 2.75) is 12.5 Å². The molecular weight excluding hydrogens is 356 g/mol. The van der Waals surface area contributed by atoms with E-state index in [9.17, 15) is 4.79 Å². The number of carbonyl (C=O) groups is 1. The number of rotatable bonds is 2. The van der Waals surface area contributed by atoms with Gasteiger partial charge in [-0.2, -0.15) is 0 Å². The Bertz CT molecular complexity index is 715. The number of hydrogen-bond donors (Lipinski definition) is 0. The van der Waals surface area contributed by atoms with Crippen LogP contribution in [0.2, 0.25) is 5.02 Å². The minimum atomic E-state index is -0.337. The van der Waals surface area contributed by atoms with E-state index in [0.717, 1.165) is 15.8 Å². The van der Waals surface area contributed by atoms with Gasteiger partial charge in [0.2, 0.25) is 0 Å². The second kappa shape index (κ2) is 5.70. The second-order valence-electron chi connectivity index (χ2n) is 4.76. The normalized spacial score (nSPS) is 17.1. The zero-order valence-corrected chi connectivity index (χ0v) is 13.6. The Morgan fingerprint density at radius 1 is 1.29 bits per heavy atom. The predicted octanol–water partition coefficient (Wildman–Crippen LogP) is 4.82. The summed E-state index contributed by atoms with van der Waals surface area (Å²) in [4.78, 5) is 12.3. The molecule has 1 heterocycles. The van der Waals surface area contributed by atoms with Crippen molar-refractivity contribution >= 4 is 33.3 Å². The Morgan fingerprint density at radius 2 is 2.10 bits per heavy atom. The zero-order chi connectivity index (χ0) is 15.0. The SMILES string of the molecule is COc1ccc(Br)c(C2CC(=O)c3cc(Cl)ccc3O2)c1. The van der Waals surface area contributed by atoms with E-state index < -0.39 is 0 Å². The molecule has 3 nitrogen and oxygen atoms in total. The molecule has 1 aliphatic rings. The number of hydrogen-bond acceptors (Lipinski definition) is 3. The third-order valence-corrected chi connectivity index (χ3v) is 4.39. The fraction of sp³-hybridized carbons (Fsp3) is 0.188. The molecule has 0 fully saturated rings. The molecule has 0 aliphatic carbocycles. The van der Waals surface area contributed by atoms with Crippen molar-refractivity contribution in [2.75, 3.05) is 7.11 Å². The van der Waals surface area contributed by atoms with Crippen LogP contribution in [0.5, 0.6) is 11.5 Å². The van der Waals surface area contributed by atoms with Crippen LogP contribution in [0.25, 0.3) is 0 Å². The van der Waals surface area contributed by atoms with E-state index in [4.69, 9.17) is 21.1 Å². The third kappa shape index (κ3) is 2.78. The van der Waals surface area contributed by atoms with Crippen LogP contribution in [0.15, 0.2) is 40.9 Å². The molecule has 0 bridgehead atoms. The van der Waals surface area contributed by atoms with Crippen LogP contribution in [-0.2, 0) is 0 Å². The summed E-state index contributed by atoms with van der Waals surface area (Å²) in [6, 6.07) is 10.7. The molecule has 3 rings (SSSR count). The van der Waals surface area contributed by atoms with Crippen molar-refractivity contribution in [1.29, 1.82) is 0 Å². The Labute approximate surface area is 136 Å². The number of Topliss-reactive ketones (excluding diaryl/α,β-unsaturated/α-hetero) is 1. The Kier molecular flexibility index (Phi) is 3.91. The van der Waals surface area contributed by atoms with Gasteiger partial charge in [0.1, 0.15) is 17.6 Å². The number of fused-ring (bicyclic) bond motifs is 1. The zero-order valence-electron chi connectivity index (χ0n) is 11.2. The molecule has 0 saturated heterocycles. The summed E-state index contributed by atoms with van der Waals surface area (Å²) in [5.74, 6) is 1.32. The van der Waals surface area contributed by atoms with Crippen molar-refractivity contribution in [2.24, 2.45) is 0 Å². The molecule has 0 spiro atoms.